The van der Waals surface area contributed by atoms with Gasteiger partial charge in [0.2, 0.25) is 0 Å². The van der Waals surface area contributed by atoms with Crippen LogP contribution in [-0.2, 0) is 47.5 Å². The van der Waals surface area contributed by atoms with Crippen molar-refractivity contribution in [2.45, 2.75) is 283 Å². The Kier molecular flexibility index (Phi) is 26.7. The maximum absolute atomic E-state index is 14.3. The van der Waals surface area contributed by atoms with Crippen LogP contribution in [0.5, 0.6) is 0 Å². The Morgan fingerprint density at radius 2 is 1.05 bits per heavy atom. The van der Waals surface area contributed by atoms with Crippen molar-refractivity contribution in [1.82, 2.24) is 0 Å². The van der Waals surface area contributed by atoms with Crippen LogP contribution in [0, 0.1) is 41.4 Å². The van der Waals surface area contributed by atoms with Gasteiger partial charge in [0, 0.05) is 80.1 Å². The van der Waals surface area contributed by atoms with Crippen LogP contribution >= 0.6 is 0 Å². The maximum Gasteiger partial charge on any atom is 0.331 e. The fourth-order valence-electron chi connectivity index (χ4n) is 12.8. The van der Waals surface area contributed by atoms with Gasteiger partial charge in [0.1, 0.15) is 24.4 Å². The number of carbonyl (C=O) groups is 2. The summed E-state index contributed by atoms with van der Waals surface area (Å²) in [5.41, 5.74) is 1.74. The van der Waals surface area contributed by atoms with Gasteiger partial charge in [-0.2, -0.15) is 0 Å². The highest BCUT2D eigenvalue weighted by atomic mass is 16.7. The van der Waals surface area contributed by atoms with E-state index in [9.17, 15) is 50.4 Å². The van der Waals surface area contributed by atoms with Gasteiger partial charge in [-0.3, -0.25) is 4.79 Å². The minimum absolute atomic E-state index is 0.00287. The van der Waals surface area contributed by atoms with Gasteiger partial charge in [0.15, 0.2) is 24.2 Å². The van der Waals surface area contributed by atoms with E-state index in [0.717, 1.165) is 11.1 Å². The summed E-state index contributed by atoms with van der Waals surface area (Å²) in [6, 6.07) is 0. The minimum atomic E-state index is -1.83. The molecule has 18 nitrogen and oxygen atoms in total. The molecule has 4 saturated heterocycles. The summed E-state index contributed by atoms with van der Waals surface area (Å²) in [7, 11) is 0. The maximum atomic E-state index is 14.3. The summed E-state index contributed by atoms with van der Waals surface area (Å²) < 4.78 is 49.9. The molecule has 0 aromatic rings. The fourth-order valence-corrected chi connectivity index (χ4v) is 12.8. The van der Waals surface area contributed by atoms with Crippen molar-refractivity contribution in [2.24, 2.45) is 41.4 Å². The van der Waals surface area contributed by atoms with Crippen molar-refractivity contribution in [3.63, 3.8) is 0 Å². The third kappa shape index (κ3) is 18.8. The van der Waals surface area contributed by atoms with E-state index in [-0.39, 0.29) is 56.3 Å². The van der Waals surface area contributed by atoms with Gasteiger partial charge >= 0.3 is 11.9 Å². The van der Waals surface area contributed by atoms with Crippen molar-refractivity contribution in [2.75, 3.05) is 0 Å². The van der Waals surface area contributed by atoms with Gasteiger partial charge in [-0.15, -0.1) is 0 Å². The SMILES string of the molecule is CCC1=C\C=C\C(CC)C(C(C)C(O)CC2(O)CC(OC3CC(O)C(O)C(C)O3)C(CC)C(C)O2)OC(=O)C(C)C/C(CC)=C/C=C/C(CC)C(C(C)C(O)CC2(O)CC(OC3CC(O)C(O)C(C)O3)C(CC)C(C)O2)OC(=O)\C=C\1. The zero-order valence-electron chi connectivity index (χ0n) is 50.8. The summed E-state index contributed by atoms with van der Waals surface area (Å²) in [4.78, 5) is 28.3. The van der Waals surface area contributed by atoms with Gasteiger partial charge in [-0.05, 0) is 78.2 Å². The number of ether oxygens (including phenoxy) is 8. The molecule has 464 valence electrons. The Labute approximate surface area is 482 Å². The average molecular weight is 1150 g/mol. The molecule has 18 heteroatoms. The molecule has 0 spiro atoms. The molecule has 0 aliphatic carbocycles. The number of cyclic esters (lactones) is 2. The quantitative estimate of drug-likeness (QED) is 0.0616. The molecular weight excluding hydrogens is 1040 g/mol. The molecule has 4 fully saturated rings. The fraction of sp³-hybridized carbons (Fsp3) is 0.810. The number of hydrogen-bond acceptors (Lipinski definition) is 18. The van der Waals surface area contributed by atoms with E-state index in [2.05, 4.69) is 0 Å². The zero-order chi connectivity index (χ0) is 60.1. The molecule has 5 heterocycles. The lowest BCUT2D eigenvalue weighted by Gasteiger charge is -2.48. The molecule has 5 aliphatic rings. The van der Waals surface area contributed by atoms with Crippen LogP contribution in [0.1, 0.15) is 173 Å². The van der Waals surface area contributed by atoms with Crippen molar-refractivity contribution in [3.05, 3.63) is 59.8 Å². The van der Waals surface area contributed by atoms with Crippen LogP contribution in [0.3, 0.4) is 0 Å². The van der Waals surface area contributed by atoms with Crippen molar-refractivity contribution >= 4 is 11.9 Å². The molecule has 5 rings (SSSR count). The van der Waals surface area contributed by atoms with Crippen LogP contribution in [0.25, 0.3) is 0 Å². The van der Waals surface area contributed by atoms with Crippen molar-refractivity contribution in [3.8, 4) is 0 Å². The summed E-state index contributed by atoms with van der Waals surface area (Å²) in [5.74, 6) is -7.74. The topological polar surface area (TPSA) is 270 Å². The molecule has 0 aromatic heterocycles. The van der Waals surface area contributed by atoms with Crippen LogP contribution in [0.4, 0.5) is 0 Å². The Hall–Kier alpha value is -2.92. The number of rotatable bonds is 18. The number of aliphatic hydroxyl groups excluding tert-OH is 6. The first-order chi connectivity index (χ1) is 38.2. The highest BCUT2D eigenvalue weighted by Crippen LogP contribution is 2.43. The monoisotopic (exact) mass is 1150 g/mol. The van der Waals surface area contributed by atoms with E-state index in [1.807, 2.05) is 98.8 Å². The number of hydrogen-bond donors (Lipinski definition) is 8. The molecule has 0 saturated carbocycles. The second-order valence-corrected chi connectivity index (χ2v) is 24.3. The molecule has 81 heavy (non-hydrogen) atoms. The molecule has 8 N–H and O–H groups in total. The van der Waals surface area contributed by atoms with Gasteiger partial charge < -0.3 is 78.7 Å². The lowest BCUT2D eigenvalue weighted by Crippen LogP contribution is -2.56. The normalized spacial score (nSPS) is 43.9. The molecule has 0 aromatic carbocycles. The lowest BCUT2D eigenvalue weighted by molar-refractivity contribution is -0.331. The molecule has 0 bridgehead atoms. The average Bonchev–Trinajstić information content (AvgIpc) is 3.43. The molecule has 5 aliphatic heterocycles. The molecule has 25 unspecified atom stereocenters. The van der Waals surface area contributed by atoms with Gasteiger partial charge in [-0.1, -0.05) is 110 Å². The first-order valence-corrected chi connectivity index (χ1v) is 30.6. The highest BCUT2D eigenvalue weighted by molar-refractivity contribution is 5.82. The van der Waals surface area contributed by atoms with Gasteiger partial charge in [-0.25, -0.2) is 4.79 Å². The van der Waals surface area contributed by atoms with Crippen LogP contribution < -0.4 is 0 Å². The van der Waals surface area contributed by atoms with E-state index in [1.54, 1.807) is 33.8 Å². The Bertz CT molecular complexity index is 2090. The standard InChI is InChI=1S/C63H104O18/c1-14-42-22-20-24-45(17-4)60(37(9)51(67)32-63(73)34-53(47(19-6)39(11)81-63)77-56-30-49(65)58(70)41(13)75-56)79-61(71)35(7)28-43(15-2)23-21-25-44(16-3)59(78-54(68)27-26-42)36(8)50(66)31-62(72)33-52(46(18-5)38(10)80-62)76-55-29-48(64)57(69)40(12)74-55/h20-27,35-41,44-53,55-60,64-67,69-70,72-73H,14-19,28-34H2,1-13H3/b24-20+,25-21+,27-26+,42-22+,43-23+. The van der Waals surface area contributed by atoms with E-state index >= 15 is 0 Å². The minimum Gasteiger partial charge on any atom is -0.461 e. The zero-order valence-corrected chi connectivity index (χ0v) is 50.8. The Morgan fingerprint density at radius 1 is 0.605 bits per heavy atom. The first-order valence-electron chi connectivity index (χ1n) is 30.6. The molecule has 0 radical (unpaired) electrons. The van der Waals surface area contributed by atoms with Crippen LogP contribution in [0.15, 0.2) is 59.8 Å². The smallest absolute Gasteiger partial charge is 0.331 e. The molecular formula is C63H104O18. The van der Waals surface area contributed by atoms with E-state index in [1.165, 1.54) is 6.08 Å². The Balaban J connectivity index is 1.38. The number of carbonyl (C=O) groups excluding carboxylic acids is 2. The third-order valence-electron chi connectivity index (χ3n) is 18.2. The summed E-state index contributed by atoms with van der Waals surface area (Å²) in [6.45, 7) is 24.3. The number of allylic oxidation sites excluding steroid dienone is 7. The molecule has 0 amide bonds. The summed E-state index contributed by atoms with van der Waals surface area (Å²) in [5, 5.41) is 90.0. The van der Waals surface area contributed by atoms with E-state index in [0.29, 0.717) is 44.9 Å². The predicted octanol–water partition coefficient (Wildman–Crippen LogP) is 7.55. The van der Waals surface area contributed by atoms with Gasteiger partial charge in [0.05, 0.1) is 67.0 Å². The number of esters is 2. The summed E-state index contributed by atoms with van der Waals surface area (Å²) >= 11 is 0. The largest absolute Gasteiger partial charge is 0.461 e. The van der Waals surface area contributed by atoms with Crippen LogP contribution in [0.2, 0.25) is 0 Å². The second kappa shape index (κ2) is 31.5. The highest BCUT2D eigenvalue weighted by Gasteiger charge is 2.51. The second-order valence-electron chi connectivity index (χ2n) is 24.3. The van der Waals surface area contributed by atoms with Crippen molar-refractivity contribution in [1.29, 1.82) is 0 Å². The van der Waals surface area contributed by atoms with Crippen LogP contribution in [-0.4, -0.2) is 162 Å². The first kappa shape index (κ1) is 68.9. The van der Waals surface area contributed by atoms with E-state index < -0.39 is 145 Å². The Morgan fingerprint density at radius 3 is 1.46 bits per heavy atom. The van der Waals surface area contributed by atoms with Gasteiger partial charge in [0.25, 0.3) is 0 Å². The number of aliphatic hydroxyl groups is 8. The summed E-state index contributed by atoms with van der Waals surface area (Å²) in [6.07, 6.45) is 4.80. The third-order valence-corrected chi connectivity index (χ3v) is 18.2. The molecule has 25 atom stereocenters. The predicted molar refractivity (Wildman–Crippen MR) is 304 cm³/mol. The van der Waals surface area contributed by atoms with Crippen molar-refractivity contribution < 1.29 is 88.3 Å². The van der Waals surface area contributed by atoms with E-state index in [4.69, 9.17) is 37.9 Å². The lowest BCUT2D eigenvalue weighted by atomic mass is 9.80.